The van der Waals surface area contributed by atoms with E-state index in [4.69, 9.17) is 4.74 Å². The fraction of sp³-hybridized carbons (Fsp3) is 0.412. The van der Waals surface area contributed by atoms with Crippen LogP contribution in [-0.4, -0.2) is 34.8 Å². The first-order chi connectivity index (χ1) is 11.5. The molecule has 2 aromatic rings. The summed E-state index contributed by atoms with van der Waals surface area (Å²) in [7, 11) is 0. The van der Waals surface area contributed by atoms with E-state index in [1.165, 1.54) is 12.1 Å². The molecule has 24 heavy (non-hydrogen) atoms. The molecule has 128 valence electrons. The van der Waals surface area contributed by atoms with Crippen molar-refractivity contribution in [2.75, 3.05) is 19.9 Å². The van der Waals surface area contributed by atoms with Gasteiger partial charge in [-0.2, -0.15) is 13.2 Å². The van der Waals surface area contributed by atoms with Crippen molar-refractivity contribution in [3.8, 4) is 11.4 Å². The number of aromatic nitrogens is 2. The summed E-state index contributed by atoms with van der Waals surface area (Å²) in [5.74, 6) is 0.445. The van der Waals surface area contributed by atoms with Gasteiger partial charge in [-0.3, -0.25) is 4.90 Å². The molecule has 0 unspecified atom stereocenters. The molecule has 4 nitrogen and oxygen atoms in total. The molecular weight excluding hydrogens is 319 g/mol. The summed E-state index contributed by atoms with van der Waals surface area (Å²) in [5, 5.41) is 0. The van der Waals surface area contributed by atoms with E-state index in [1.807, 2.05) is 6.92 Å². The van der Waals surface area contributed by atoms with Crippen LogP contribution in [0.15, 0.2) is 30.5 Å². The second-order valence-electron chi connectivity index (χ2n) is 5.67. The monoisotopic (exact) mass is 337 g/mol. The van der Waals surface area contributed by atoms with Crippen molar-refractivity contribution in [2.45, 2.75) is 26.1 Å². The summed E-state index contributed by atoms with van der Waals surface area (Å²) in [6.45, 7) is 4.70. The van der Waals surface area contributed by atoms with Crippen molar-refractivity contribution >= 4 is 0 Å². The Morgan fingerprint density at radius 1 is 1.21 bits per heavy atom. The van der Waals surface area contributed by atoms with Crippen LogP contribution in [0.3, 0.4) is 0 Å². The van der Waals surface area contributed by atoms with Crippen LogP contribution in [0.1, 0.15) is 23.7 Å². The number of hydrogen-bond acceptors (Lipinski definition) is 4. The Labute approximate surface area is 138 Å². The maximum absolute atomic E-state index is 12.6. The number of halogens is 3. The number of benzene rings is 1. The minimum Gasteiger partial charge on any atom is -0.366 e. The molecule has 1 aliphatic rings. The van der Waals surface area contributed by atoms with Crippen LogP contribution >= 0.6 is 0 Å². The fourth-order valence-corrected chi connectivity index (χ4v) is 2.64. The lowest BCUT2D eigenvalue weighted by molar-refractivity contribution is -0.137. The maximum atomic E-state index is 12.6. The van der Waals surface area contributed by atoms with Gasteiger partial charge in [-0.15, -0.1) is 0 Å². The number of alkyl halides is 3. The van der Waals surface area contributed by atoms with E-state index in [2.05, 4.69) is 14.9 Å². The van der Waals surface area contributed by atoms with Crippen molar-refractivity contribution in [3.05, 3.63) is 47.3 Å². The number of nitrogens with zero attached hydrogens (tertiary/aromatic N) is 3. The van der Waals surface area contributed by atoms with Crippen LogP contribution in [0.5, 0.6) is 0 Å². The summed E-state index contributed by atoms with van der Waals surface area (Å²) < 4.78 is 43.4. The summed E-state index contributed by atoms with van der Waals surface area (Å²) in [5.41, 5.74) is 1.89. The van der Waals surface area contributed by atoms with Crippen LogP contribution in [0.25, 0.3) is 11.4 Å². The quantitative estimate of drug-likeness (QED) is 0.856. The topological polar surface area (TPSA) is 38.2 Å². The smallest absolute Gasteiger partial charge is 0.366 e. The van der Waals surface area contributed by atoms with Gasteiger partial charge in [0, 0.05) is 31.5 Å². The molecule has 0 atom stereocenters. The van der Waals surface area contributed by atoms with Gasteiger partial charge in [0.15, 0.2) is 5.82 Å². The van der Waals surface area contributed by atoms with Crippen molar-refractivity contribution < 1.29 is 17.9 Å². The first-order valence-corrected chi connectivity index (χ1v) is 7.80. The highest BCUT2D eigenvalue weighted by Crippen LogP contribution is 2.30. The molecule has 1 aliphatic heterocycles. The highest BCUT2D eigenvalue weighted by molar-refractivity contribution is 5.56. The molecule has 1 aromatic carbocycles. The van der Waals surface area contributed by atoms with Crippen molar-refractivity contribution in [1.29, 1.82) is 0 Å². The molecule has 0 amide bonds. The summed E-state index contributed by atoms with van der Waals surface area (Å²) in [6.07, 6.45) is -1.72. The predicted molar refractivity (Wildman–Crippen MR) is 83.1 cm³/mol. The fourth-order valence-electron chi connectivity index (χ4n) is 2.64. The second-order valence-corrected chi connectivity index (χ2v) is 5.67. The van der Waals surface area contributed by atoms with E-state index < -0.39 is 11.7 Å². The van der Waals surface area contributed by atoms with Gasteiger partial charge in [-0.1, -0.05) is 12.1 Å². The molecule has 7 heteroatoms. The SMILES string of the molecule is CCOCN1CCc2cnc(-c3ccc(C(F)(F)F)cc3)nc2C1. The van der Waals surface area contributed by atoms with Crippen LogP contribution in [0.2, 0.25) is 0 Å². The van der Waals surface area contributed by atoms with Crippen molar-refractivity contribution in [3.63, 3.8) is 0 Å². The molecule has 0 saturated heterocycles. The molecular formula is C17H18F3N3O. The Bertz CT molecular complexity index is 701. The van der Waals surface area contributed by atoms with E-state index in [9.17, 15) is 13.2 Å². The van der Waals surface area contributed by atoms with Crippen LogP contribution in [0, 0.1) is 0 Å². The van der Waals surface area contributed by atoms with Crippen LogP contribution in [0.4, 0.5) is 13.2 Å². The summed E-state index contributed by atoms with van der Waals surface area (Å²) >= 11 is 0. The summed E-state index contributed by atoms with van der Waals surface area (Å²) in [4.78, 5) is 11.0. The van der Waals surface area contributed by atoms with Crippen LogP contribution in [-0.2, 0) is 23.9 Å². The molecule has 0 N–H and O–H groups in total. The van der Waals surface area contributed by atoms with Crippen molar-refractivity contribution in [2.24, 2.45) is 0 Å². The Morgan fingerprint density at radius 2 is 1.96 bits per heavy atom. The van der Waals surface area contributed by atoms with Crippen LogP contribution < -0.4 is 0 Å². The zero-order valence-corrected chi connectivity index (χ0v) is 13.3. The first-order valence-electron chi connectivity index (χ1n) is 7.80. The third-order valence-corrected chi connectivity index (χ3v) is 3.97. The molecule has 2 heterocycles. The lowest BCUT2D eigenvalue weighted by Gasteiger charge is -2.27. The third kappa shape index (κ3) is 3.73. The molecule has 3 rings (SSSR count). The van der Waals surface area contributed by atoms with E-state index >= 15 is 0 Å². The number of fused-ring (bicyclic) bond motifs is 1. The summed E-state index contributed by atoms with van der Waals surface area (Å²) in [6, 6.07) is 4.93. The van der Waals surface area contributed by atoms with Gasteiger partial charge in [-0.25, -0.2) is 9.97 Å². The van der Waals surface area contributed by atoms with Gasteiger partial charge < -0.3 is 4.74 Å². The first kappa shape index (κ1) is 16.9. The molecule has 0 spiro atoms. The van der Waals surface area contributed by atoms with Gasteiger partial charge in [0.1, 0.15) is 0 Å². The Kier molecular flexibility index (Phi) is 4.82. The average molecular weight is 337 g/mol. The number of hydrogen-bond donors (Lipinski definition) is 0. The highest BCUT2D eigenvalue weighted by Gasteiger charge is 2.30. The molecule has 0 saturated carbocycles. The third-order valence-electron chi connectivity index (χ3n) is 3.97. The lowest BCUT2D eigenvalue weighted by atomic mass is 10.1. The van der Waals surface area contributed by atoms with Gasteiger partial charge in [-0.05, 0) is 31.0 Å². The standard InChI is InChI=1S/C17H18F3N3O/c1-2-24-11-23-8-7-13-9-21-16(22-15(13)10-23)12-3-5-14(6-4-12)17(18,19)20/h3-6,9H,2,7-8,10-11H2,1H3. The molecule has 0 radical (unpaired) electrons. The molecule has 0 bridgehead atoms. The van der Waals surface area contributed by atoms with Gasteiger partial charge >= 0.3 is 6.18 Å². The van der Waals surface area contributed by atoms with E-state index in [-0.39, 0.29) is 0 Å². The second kappa shape index (κ2) is 6.86. The Hall–Kier alpha value is -1.99. The predicted octanol–water partition coefficient (Wildman–Crippen LogP) is 3.51. The number of ether oxygens (including phenoxy) is 1. The van der Waals surface area contributed by atoms with E-state index in [1.54, 1.807) is 6.20 Å². The Morgan fingerprint density at radius 3 is 2.62 bits per heavy atom. The van der Waals surface area contributed by atoms with E-state index in [0.717, 1.165) is 36.4 Å². The lowest BCUT2D eigenvalue weighted by Crippen LogP contribution is -2.33. The normalized spacial score (nSPS) is 15.3. The van der Waals surface area contributed by atoms with Gasteiger partial charge in [0.2, 0.25) is 0 Å². The zero-order chi connectivity index (χ0) is 17.2. The largest absolute Gasteiger partial charge is 0.416 e. The Balaban J connectivity index is 1.81. The van der Waals surface area contributed by atoms with Gasteiger partial charge in [0.05, 0.1) is 18.0 Å². The van der Waals surface area contributed by atoms with Gasteiger partial charge in [0.25, 0.3) is 0 Å². The van der Waals surface area contributed by atoms with Crippen molar-refractivity contribution in [1.82, 2.24) is 14.9 Å². The maximum Gasteiger partial charge on any atom is 0.416 e. The highest BCUT2D eigenvalue weighted by atomic mass is 19.4. The minimum absolute atomic E-state index is 0.445. The molecule has 0 aliphatic carbocycles. The number of rotatable bonds is 4. The zero-order valence-electron chi connectivity index (χ0n) is 13.3. The minimum atomic E-state index is -4.34. The average Bonchev–Trinajstić information content (AvgIpc) is 2.58. The van der Waals surface area contributed by atoms with E-state index in [0.29, 0.717) is 31.3 Å². The molecule has 1 aromatic heterocycles. The molecule has 0 fully saturated rings.